The minimum absolute atomic E-state index is 0.342. The first kappa shape index (κ1) is 14.1. The van der Waals surface area contributed by atoms with Crippen LogP contribution < -0.4 is 5.32 Å². The molecule has 0 saturated carbocycles. The fourth-order valence-electron chi connectivity index (χ4n) is 2.04. The summed E-state index contributed by atoms with van der Waals surface area (Å²) >= 11 is 0. The van der Waals surface area contributed by atoms with Gasteiger partial charge in [0.15, 0.2) is 0 Å². The van der Waals surface area contributed by atoms with Crippen LogP contribution in [0.15, 0.2) is 36.8 Å². The zero-order valence-corrected chi connectivity index (χ0v) is 12.0. The predicted octanol–water partition coefficient (Wildman–Crippen LogP) is 2.86. The van der Waals surface area contributed by atoms with Gasteiger partial charge in [-0.15, -0.1) is 0 Å². The van der Waals surface area contributed by atoms with Crippen molar-refractivity contribution in [3.63, 3.8) is 0 Å². The number of para-hydroxylation sites is 1. The molecule has 0 spiro atoms. The van der Waals surface area contributed by atoms with Gasteiger partial charge in [0, 0.05) is 17.9 Å². The molecule has 0 radical (unpaired) electrons. The number of aromatic nitrogens is 2. The Kier molecular flexibility index (Phi) is 4.40. The monoisotopic (exact) mass is 273 g/mol. The minimum Gasteiger partial charge on any atom is -0.465 e. The van der Waals surface area contributed by atoms with E-state index in [1.165, 1.54) is 7.11 Å². The van der Waals surface area contributed by atoms with Crippen LogP contribution in [-0.2, 0) is 11.3 Å². The lowest BCUT2D eigenvalue weighted by molar-refractivity contribution is 0.0602. The highest BCUT2D eigenvalue weighted by atomic mass is 16.5. The van der Waals surface area contributed by atoms with Crippen LogP contribution in [0.2, 0.25) is 0 Å². The number of hydrogen-bond donors (Lipinski definition) is 1. The number of anilines is 1. The quantitative estimate of drug-likeness (QED) is 0.851. The Bertz CT molecular complexity index is 590. The maximum atomic E-state index is 11.7. The molecule has 0 unspecified atom stereocenters. The van der Waals surface area contributed by atoms with E-state index in [0.29, 0.717) is 18.2 Å². The fourth-order valence-corrected chi connectivity index (χ4v) is 2.04. The standard InChI is InChI=1S/C15H19N3O2/c1-11(2)18-10-16-8-12(18)9-17-14-7-5-4-6-13(14)15(19)20-3/h4-8,10-11,17H,9H2,1-3H3. The van der Waals surface area contributed by atoms with Crippen molar-refractivity contribution < 1.29 is 9.53 Å². The van der Waals surface area contributed by atoms with E-state index in [4.69, 9.17) is 4.74 Å². The second-order valence-corrected chi connectivity index (χ2v) is 4.78. The van der Waals surface area contributed by atoms with E-state index in [1.54, 1.807) is 6.07 Å². The first-order valence-corrected chi connectivity index (χ1v) is 6.55. The van der Waals surface area contributed by atoms with Crippen LogP contribution >= 0.6 is 0 Å². The van der Waals surface area contributed by atoms with Crippen molar-refractivity contribution in [2.24, 2.45) is 0 Å². The van der Waals surface area contributed by atoms with E-state index in [9.17, 15) is 4.79 Å². The maximum Gasteiger partial charge on any atom is 0.339 e. The molecule has 2 aromatic rings. The highest BCUT2D eigenvalue weighted by molar-refractivity contribution is 5.95. The second-order valence-electron chi connectivity index (χ2n) is 4.78. The predicted molar refractivity (Wildman–Crippen MR) is 77.7 cm³/mol. The van der Waals surface area contributed by atoms with Gasteiger partial charge in [-0.2, -0.15) is 0 Å². The topological polar surface area (TPSA) is 56.1 Å². The Morgan fingerprint density at radius 2 is 2.15 bits per heavy atom. The van der Waals surface area contributed by atoms with Crippen LogP contribution in [0.3, 0.4) is 0 Å². The van der Waals surface area contributed by atoms with Gasteiger partial charge in [0.05, 0.1) is 31.2 Å². The molecule has 5 nitrogen and oxygen atoms in total. The van der Waals surface area contributed by atoms with Crippen molar-refractivity contribution >= 4 is 11.7 Å². The summed E-state index contributed by atoms with van der Waals surface area (Å²) in [6.45, 7) is 4.81. The average molecular weight is 273 g/mol. The molecule has 106 valence electrons. The summed E-state index contributed by atoms with van der Waals surface area (Å²) in [5.41, 5.74) is 2.36. The molecule has 1 aromatic carbocycles. The van der Waals surface area contributed by atoms with Gasteiger partial charge >= 0.3 is 5.97 Å². The van der Waals surface area contributed by atoms with Crippen molar-refractivity contribution in [1.29, 1.82) is 0 Å². The Balaban J connectivity index is 2.15. The summed E-state index contributed by atoms with van der Waals surface area (Å²) < 4.78 is 6.87. The van der Waals surface area contributed by atoms with Gasteiger partial charge < -0.3 is 14.6 Å². The summed E-state index contributed by atoms with van der Waals surface area (Å²) in [5, 5.41) is 3.26. The fraction of sp³-hybridized carbons (Fsp3) is 0.333. The van der Waals surface area contributed by atoms with E-state index in [0.717, 1.165) is 11.4 Å². The highest BCUT2D eigenvalue weighted by Gasteiger charge is 2.11. The molecule has 1 N–H and O–H groups in total. The van der Waals surface area contributed by atoms with Gasteiger partial charge in [0.1, 0.15) is 0 Å². The zero-order valence-electron chi connectivity index (χ0n) is 12.0. The maximum absolute atomic E-state index is 11.7. The van der Waals surface area contributed by atoms with E-state index < -0.39 is 0 Å². The number of benzene rings is 1. The summed E-state index contributed by atoms with van der Waals surface area (Å²) in [6, 6.07) is 7.66. The van der Waals surface area contributed by atoms with Crippen LogP contribution in [0.1, 0.15) is 35.9 Å². The van der Waals surface area contributed by atoms with Crippen molar-refractivity contribution in [3.8, 4) is 0 Å². The van der Waals surface area contributed by atoms with E-state index in [1.807, 2.05) is 30.7 Å². The summed E-state index contributed by atoms with van der Waals surface area (Å²) in [7, 11) is 1.38. The smallest absolute Gasteiger partial charge is 0.339 e. The molecule has 1 heterocycles. The largest absolute Gasteiger partial charge is 0.465 e. The molecule has 0 amide bonds. The molecule has 0 atom stereocenters. The first-order chi connectivity index (χ1) is 9.63. The number of rotatable bonds is 5. The Morgan fingerprint density at radius 3 is 2.85 bits per heavy atom. The lowest BCUT2D eigenvalue weighted by Crippen LogP contribution is -2.11. The van der Waals surface area contributed by atoms with E-state index >= 15 is 0 Å². The number of nitrogens with one attached hydrogen (secondary N) is 1. The number of nitrogens with zero attached hydrogens (tertiary/aromatic N) is 2. The minimum atomic E-state index is -0.342. The van der Waals surface area contributed by atoms with Crippen molar-refractivity contribution in [1.82, 2.24) is 9.55 Å². The highest BCUT2D eigenvalue weighted by Crippen LogP contribution is 2.18. The molecule has 2 rings (SSSR count). The third-order valence-corrected chi connectivity index (χ3v) is 3.09. The van der Waals surface area contributed by atoms with E-state index in [2.05, 4.69) is 28.7 Å². The molecule has 1 aromatic heterocycles. The van der Waals surface area contributed by atoms with Gasteiger partial charge in [0.25, 0.3) is 0 Å². The van der Waals surface area contributed by atoms with Gasteiger partial charge in [-0.1, -0.05) is 12.1 Å². The third kappa shape index (κ3) is 2.99. The van der Waals surface area contributed by atoms with Crippen LogP contribution in [0.25, 0.3) is 0 Å². The Labute approximate surface area is 118 Å². The lowest BCUT2D eigenvalue weighted by Gasteiger charge is -2.14. The van der Waals surface area contributed by atoms with Crippen LogP contribution in [-0.4, -0.2) is 22.6 Å². The molecule has 20 heavy (non-hydrogen) atoms. The number of carbonyl (C=O) groups excluding carboxylic acids is 1. The molecule has 0 bridgehead atoms. The molecule has 0 saturated heterocycles. The van der Waals surface area contributed by atoms with Crippen molar-refractivity contribution in [3.05, 3.63) is 48.0 Å². The normalized spacial score (nSPS) is 10.6. The molecule has 0 aliphatic heterocycles. The van der Waals surface area contributed by atoms with Crippen LogP contribution in [0, 0.1) is 0 Å². The number of hydrogen-bond acceptors (Lipinski definition) is 4. The molecular weight excluding hydrogens is 254 g/mol. The molecule has 0 fully saturated rings. The summed E-state index contributed by atoms with van der Waals surface area (Å²) in [4.78, 5) is 15.9. The van der Waals surface area contributed by atoms with Gasteiger partial charge in [-0.25, -0.2) is 9.78 Å². The number of ether oxygens (including phenoxy) is 1. The summed E-state index contributed by atoms with van der Waals surface area (Å²) in [5.74, 6) is -0.342. The number of carbonyl (C=O) groups is 1. The number of methoxy groups -OCH3 is 1. The molecule has 0 aliphatic carbocycles. The number of esters is 1. The summed E-state index contributed by atoms with van der Waals surface area (Å²) in [6.07, 6.45) is 3.64. The van der Waals surface area contributed by atoms with Gasteiger partial charge in [-0.3, -0.25) is 0 Å². The lowest BCUT2D eigenvalue weighted by atomic mass is 10.2. The van der Waals surface area contributed by atoms with Gasteiger partial charge in [-0.05, 0) is 26.0 Å². The first-order valence-electron chi connectivity index (χ1n) is 6.55. The Hall–Kier alpha value is -2.30. The average Bonchev–Trinajstić information content (AvgIpc) is 2.93. The van der Waals surface area contributed by atoms with E-state index in [-0.39, 0.29) is 5.97 Å². The zero-order chi connectivity index (χ0) is 14.5. The Morgan fingerprint density at radius 1 is 1.40 bits per heavy atom. The van der Waals surface area contributed by atoms with Crippen LogP contribution in [0.5, 0.6) is 0 Å². The second kappa shape index (κ2) is 6.23. The molecule has 5 heteroatoms. The van der Waals surface area contributed by atoms with Gasteiger partial charge in [0.2, 0.25) is 0 Å². The van der Waals surface area contributed by atoms with Crippen molar-refractivity contribution in [2.75, 3.05) is 12.4 Å². The van der Waals surface area contributed by atoms with Crippen LogP contribution in [0.4, 0.5) is 5.69 Å². The molecular formula is C15H19N3O2. The molecule has 0 aliphatic rings. The number of imidazole rings is 1. The third-order valence-electron chi connectivity index (χ3n) is 3.09. The SMILES string of the molecule is COC(=O)c1ccccc1NCc1cncn1C(C)C. The van der Waals surface area contributed by atoms with Crippen molar-refractivity contribution in [2.45, 2.75) is 26.4 Å².